The molecule has 2 aromatic rings. The molecule has 1 unspecified atom stereocenters. The van der Waals surface area contributed by atoms with Crippen LogP contribution in [0.25, 0.3) is 11.4 Å². The van der Waals surface area contributed by atoms with Crippen LogP contribution in [-0.2, 0) is 6.54 Å². The van der Waals surface area contributed by atoms with Gasteiger partial charge in [-0.2, -0.15) is 4.98 Å². The number of likely N-dealkylation sites (tertiary alicyclic amines) is 1. The summed E-state index contributed by atoms with van der Waals surface area (Å²) in [5.41, 5.74) is 6.70. The van der Waals surface area contributed by atoms with Crippen LogP contribution in [0.1, 0.15) is 25.2 Å². The molecule has 0 spiro atoms. The molecule has 3 rings (SSSR count). The molecule has 0 radical (unpaired) electrons. The van der Waals surface area contributed by atoms with Crippen molar-refractivity contribution in [1.82, 2.24) is 15.0 Å². The van der Waals surface area contributed by atoms with E-state index in [1.165, 1.54) is 12.8 Å². The molecule has 1 aromatic heterocycles. The molecule has 0 bridgehead atoms. The second kappa shape index (κ2) is 6.56. The normalized spacial score (nSPS) is 19.8. The van der Waals surface area contributed by atoms with Crippen molar-refractivity contribution in [2.45, 2.75) is 31.8 Å². The number of hydrogen-bond donors (Lipinski definition) is 1. The van der Waals surface area contributed by atoms with Gasteiger partial charge in [0, 0.05) is 23.2 Å². The lowest BCUT2D eigenvalue weighted by Gasteiger charge is -2.33. The highest BCUT2D eigenvalue weighted by atomic mass is 35.5. The van der Waals surface area contributed by atoms with E-state index in [9.17, 15) is 0 Å². The van der Waals surface area contributed by atoms with Gasteiger partial charge >= 0.3 is 0 Å². The van der Waals surface area contributed by atoms with Gasteiger partial charge in [0.05, 0.1) is 6.54 Å². The van der Waals surface area contributed by atoms with Crippen molar-refractivity contribution >= 4 is 11.6 Å². The molecule has 0 saturated carbocycles. The lowest BCUT2D eigenvalue weighted by Crippen LogP contribution is -2.43. The molecular weight excluding hydrogens is 288 g/mol. The molecular formula is C15H19ClN4O. The van der Waals surface area contributed by atoms with Gasteiger partial charge in [-0.3, -0.25) is 4.90 Å². The second-order valence-corrected chi connectivity index (χ2v) is 5.81. The summed E-state index contributed by atoms with van der Waals surface area (Å²) in [7, 11) is 0. The highest BCUT2D eigenvalue weighted by Crippen LogP contribution is 2.22. The van der Waals surface area contributed by atoms with Crippen molar-refractivity contribution in [1.29, 1.82) is 0 Å². The quantitative estimate of drug-likeness (QED) is 0.940. The molecule has 2 heterocycles. The largest absolute Gasteiger partial charge is 0.338 e. The average molecular weight is 307 g/mol. The summed E-state index contributed by atoms with van der Waals surface area (Å²) in [6.45, 7) is 2.38. The molecule has 1 fully saturated rings. The van der Waals surface area contributed by atoms with Crippen LogP contribution in [0.4, 0.5) is 0 Å². The van der Waals surface area contributed by atoms with Crippen LogP contribution in [0.15, 0.2) is 28.8 Å². The molecule has 0 aliphatic carbocycles. The van der Waals surface area contributed by atoms with Gasteiger partial charge in [-0.25, -0.2) is 0 Å². The highest BCUT2D eigenvalue weighted by Gasteiger charge is 2.23. The Hall–Kier alpha value is -1.43. The number of nitrogens with two attached hydrogens (primary N) is 1. The molecule has 21 heavy (non-hydrogen) atoms. The molecule has 2 N–H and O–H groups in total. The summed E-state index contributed by atoms with van der Waals surface area (Å²) in [6, 6.07) is 7.87. The summed E-state index contributed by atoms with van der Waals surface area (Å²) in [5, 5.41) is 4.71. The monoisotopic (exact) mass is 306 g/mol. The molecule has 1 saturated heterocycles. The van der Waals surface area contributed by atoms with Gasteiger partial charge in [-0.05, 0) is 31.5 Å². The maximum absolute atomic E-state index is 5.99. The minimum atomic E-state index is 0.417. The van der Waals surface area contributed by atoms with Gasteiger partial charge in [-0.1, -0.05) is 35.3 Å². The van der Waals surface area contributed by atoms with E-state index in [-0.39, 0.29) is 0 Å². The zero-order chi connectivity index (χ0) is 14.7. The van der Waals surface area contributed by atoms with E-state index < -0.39 is 0 Å². The van der Waals surface area contributed by atoms with Crippen LogP contribution >= 0.6 is 11.6 Å². The van der Waals surface area contributed by atoms with Crippen molar-refractivity contribution in [3.05, 3.63) is 35.2 Å². The van der Waals surface area contributed by atoms with Gasteiger partial charge in [0.15, 0.2) is 0 Å². The summed E-state index contributed by atoms with van der Waals surface area (Å²) >= 11 is 5.99. The van der Waals surface area contributed by atoms with Crippen LogP contribution in [0, 0.1) is 0 Å². The first-order chi connectivity index (χ1) is 10.3. The number of halogens is 1. The molecule has 1 aromatic carbocycles. The molecule has 6 heteroatoms. The van der Waals surface area contributed by atoms with Crippen LogP contribution in [0.5, 0.6) is 0 Å². The van der Waals surface area contributed by atoms with Gasteiger partial charge < -0.3 is 10.3 Å². The Bertz CT molecular complexity index is 601. The molecule has 1 aliphatic heterocycles. The van der Waals surface area contributed by atoms with Crippen molar-refractivity contribution in [3.63, 3.8) is 0 Å². The Morgan fingerprint density at radius 2 is 2.29 bits per heavy atom. The molecule has 5 nitrogen and oxygen atoms in total. The Morgan fingerprint density at radius 3 is 3.10 bits per heavy atom. The first kappa shape index (κ1) is 14.5. The molecule has 1 aliphatic rings. The topological polar surface area (TPSA) is 68.2 Å². The standard InChI is InChI=1S/C15H19ClN4O/c16-12-5-3-4-11(8-12)15-18-14(21-19-15)10-20-7-2-1-6-13(20)9-17/h3-5,8,13H,1-2,6-7,9-10,17H2. The number of hydrogen-bond acceptors (Lipinski definition) is 5. The van der Waals surface area contributed by atoms with E-state index in [0.717, 1.165) is 18.5 Å². The fraction of sp³-hybridized carbons (Fsp3) is 0.467. The Labute approximate surface area is 129 Å². The molecule has 1 atom stereocenters. The summed E-state index contributed by atoms with van der Waals surface area (Å²) < 4.78 is 5.37. The van der Waals surface area contributed by atoms with E-state index in [1.807, 2.05) is 24.3 Å². The maximum Gasteiger partial charge on any atom is 0.241 e. The number of rotatable bonds is 4. The molecule has 0 amide bonds. The predicted molar refractivity (Wildman–Crippen MR) is 81.8 cm³/mol. The van der Waals surface area contributed by atoms with Crippen LogP contribution in [-0.4, -0.2) is 34.2 Å². The Kier molecular flexibility index (Phi) is 4.53. The van der Waals surface area contributed by atoms with E-state index in [1.54, 1.807) is 0 Å². The van der Waals surface area contributed by atoms with Gasteiger partial charge in [0.2, 0.25) is 11.7 Å². The third kappa shape index (κ3) is 3.43. The van der Waals surface area contributed by atoms with E-state index in [0.29, 0.717) is 35.9 Å². The number of piperidine rings is 1. The van der Waals surface area contributed by atoms with E-state index >= 15 is 0 Å². The molecule has 112 valence electrons. The average Bonchev–Trinajstić information content (AvgIpc) is 2.96. The summed E-state index contributed by atoms with van der Waals surface area (Å²) in [6.07, 6.45) is 3.59. The highest BCUT2D eigenvalue weighted by molar-refractivity contribution is 6.30. The van der Waals surface area contributed by atoms with Crippen molar-refractivity contribution in [3.8, 4) is 11.4 Å². The smallest absolute Gasteiger partial charge is 0.241 e. The SMILES string of the molecule is NCC1CCCCN1Cc1nc(-c2cccc(Cl)c2)no1. The third-order valence-corrected chi connectivity index (χ3v) is 4.15. The zero-order valence-corrected chi connectivity index (χ0v) is 12.6. The Balaban J connectivity index is 1.73. The summed E-state index contributed by atoms with van der Waals surface area (Å²) in [4.78, 5) is 6.80. The van der Waals surface area contributed by atoms with Crippen molar-refractivity contribution < 1.29 is 4.52 Å². The number of aromatic nitrogens is 2. The van der Waals surface area contributed by atoms with Crippen LogP contribution < -0.4 is 5.73 Å². The van der Waals surface area contributed by atoms with E-state index in [2.05, 4.69) is 15.0 Å². The minimum Gasteiger partial charge on any atom is -0.338 e. The van der Waals surface area contributed by atoms with Crippen molar-refractivity contribution in [2.24, 2.45) is 5.73 Å². The minimum absolute atomic E-state index is 0.417. The van der Waals surface area contributed by atoms with Crippen LogP contribution in [0.2, 0.25) is 5.02 Å². The first-order valence-electron chi connectivity index (χ1n) is 7.29. The first-order valence-corrected chi connectivity index (χ1v) is 7.66. The second-order valence-electron chi connectivity index (χ2n) is 5.38. The zero-order valence-electron chi connectivity index (χ0n) is 11.8. The third-order valence-electron chi connectivity index (χ3n) is 3.91. The number of benzene rings is 1. The van der Waals surface area contributed by atoms with Crippen molar-refractivity contribution in [2.75, 3.05) is 13.1 Å². The van der Waals surface area contributed by atoms with Gasteiger partial charge in [0.1, 0.15) is 0 Å². The maximum atomic E-state index is 5.99. The van der Waals surface area contributed by atoms with Gasteiger partial charge in [0.25, 0.3) is 0 Å². The predicted octanol–water partition coefficient (Wildman–Crippen LogP) is 2.70. The summed E-state index contributed by atoms with van der Waals surface area (Å²) in [5.74, 6) is 1.21. The fourth-order valence-electron chi connectivity index (χ4n) is 2.77. The van der Waals surface area contributed by atoms with E-state index in [4.69, 9.17) is 21.9 Å². The van der Waals surface area contributed by atoms with Crippen LogP contribution in [0.3, 0.4) is 0 Å². The fourth-order valence-corrected chi connectivity index (χ4v) is 2.96. The van der Waals surface area contributed by atoms with Gasteiger partial charge in [-0.15, -0.1) is 0 Å². The Morgan fingerprint density at radius 1 is 1.38 bits per heavy atom. The lowest BCUT2D eigenvalue weighted by atomic mass is 10.0. The lowest BCUT2D eigenvalue weighted by molar-refractivity contribution is 0.128. The number of nitrogens with zero attached hydrogens (tertiary/aromatic N) is 3.